The SMILES string of the molecule is CN(Cc1cccc(-c2ccncc2)c1)C(=O)OC(C(=O)N1CCCC1)C(F)(F)F. The first kappa shape index (κ1) is 21.6. The van der Waals surface area contributed by atoms with Crippen LogP contribution in [-0.2, 0) is 16.1 Å². The van der Waals surface area contributed by atoms with Crippen LogP contribution in [0.1, 0.15) is 18.4 Å². The van der Waals surface area contributed by atoms with Gasteiger partial charge in [0.25, 0.3) is 12.0 Å². The zero-order valence-corrected chi connectivity index (χ0v) is 16.4. The standard InChI is InChI=1S/C21H22F3N3O3/c1-26(14-15-5-4-6-17(13-15)16-7-9-25-10-8-16)20(29)30-18(21(22,23)24)19(28)27-11-2-3-12-27/h4-10,13,18H,2-3,11-12,14H2,1H3. The smallest absolute Gasteiger partial charge is 0.426 e. The minimum Gasteiger partial charge on any atom is -0.426 e. The van der Waals surface area contributed by atoms with Crippen molar-refractivity contribution in [2.24, 2.45) is 0 Å². The van der Waals surface area contributed by atoms with E-state index in [1.54, 1.807) is 24.5 Å². The Bertz CT molecular complexity index is 884. The molecule has 1 saturated heterocycles. The molecule has 1 aromatic carbocycles. The van der Waals surface area contributed by atoms with Crippen LogP contribution in [0, 0.1) is 0 Å². The second kappa shape index (κ2) is 9.15. The minimum atomic E-state index is -4.97. The molecule has 3 rings (SSSR count). The molecular formula is C21H22F3N3O3. The summed E-state index contributed by atoms with van der Waals surface area (Å²) in [6.45, 7) is 0.501. The van der Waals surface area contributed by atoms with Crippen LogP contribution in [0.4, 0.5) is 18.0 Å². The predicted molar refractivity (Wildman–Crippen MR) is 103 cm³/mol. The topological polar surface area (TPSA) is 62.7 Å². The molecule has 1 aliphatic rings. The highest BCUT2D eigenvalue weighted by Gasteiger charge is 2.50. The summed E-state index contributed by atoms with van der Waals surface area (Å²) in [7, 11) is 1.33. The largest absolute Gasteiger partial charge is 0.434 e. The molecule has 6 nitrogen and oxygen atoms in total. The van der Waals surface area contributed by atoms with Crippen LogP contribution in [0.15, 0.2) is 48.8 Å². The predicted octanol–water partition coefficient (Wildman–Crippen LogP) is 3.87. The monoisotopic (exact) mass is 421 g/mol. The molecule has 1 aromatic heterocycles. The lowest BCUT2D eigenvalue weighted by molar-refractivity contribution is -0.211. The number of hydrogen-bond acceptors (Lipinski definition) is 4. The van der Waals surface area contributed by atoms with Gasteiger partial charge in [0, 0.05) is 39.1 Å². The second-order valence-corrected chi connectivity index (χ2v) is 7.13. The number of amides is 2. The maximum absolute atomic E-state index is 13.4. The van der Waals surface area contributed by atoms with Crippen molar-refractivity contribution < 1.29 is 27.5 Å². The number of benzene rings is 1. The van der Waals surface area contributed by atoms with E-state index in [9.17, 15) is 22.8 Å². The molecule has 0 aliphatic carbocycles. The molecule has 2 aromatic rings. The molecular weight excluding hydrogens is 399 g/mol. The third-order valence-electron chi connectivity index (χ3n) is 4.83. The van der Waals surface area contributed by atoms with Crippen molar-refractivity contribution in [3.05, 3.63) is 54.4 Å². The molecule has 0 spiro atoms. The lowest BCUT2D eigenvalue weighted by Gasteiger charge is -2.26. The Balaban J connectivity index is 1.68. The summed E-state index contributed by atoms with van der Waals surface area (Å²) in [6.07, 6.45) is -4.40. The number of aromatic nitrogens is 1. The summed E-state index contributed by atoms with van der Waals surface area (Å²) in [5.74, 6) is -1.22. The van der Waals surface area contributed by atoms with Gasteiger partial charge in [0.1, 0.15) is 0 Å². The third-order valence-corrected chi connectivity index (χ3v) is 4.83. The number of hydrogen-bond donors (Lipinski definition) is 0. The first-order valence-electron chi connectivity index (χ1n) is 9.52. The summed E-state index contributed by atoms with van der Waals surface area (Å²) in [6, 6.07) is 10.9. The number of ether oxygens (including phenoxy) is 1. The van der Waals surface area contributed by atoms with Gasteiger partial charge in [0.05, 0.1) is 0 Å². The normalized spacial score (nSPS) is 15.0. The molecule has 1 unspecified atom stereocenters. The summed E-state index contributed by atoms with van der Waals surface area (Å²) >= 11 is 0. The molecule has 0 radical (unpaired) electrons. The van der Waals surface area contributed by atoms with Crippen LogP contribution < -0.4 is 0 Å². The number of pyridine rings is 1. The van der Waals surface area contributed by atoms with E-state index in [4.69, 9.17) is 0 Å². The maximum atomic E-state index is 13.4. The number of halogens is 3. The molecule has 0 saturated carbocycles. The maximum Gasteiger partial charge on any atom is 0.434 e. The van der Waals surface area contributed by atoms with Crippen LogP contribution in [0.3, 0.4) is 0 Å². The molecule has 2 heterocycles. The van der Waals surface area contributed by atoms with Crippen molar-refractivity contribution in [2.75, 3.05) is 20.1 Å². The zero-order valence-electron chi connectivity index (χ0n) is 16.4. The van der Waals surface area contributed by atoms with Gasteiger partial charge in [-0.25, -0.2) is 4.79 Å². The Labute approximate surface area is 172 Å². The molecule has 9 heteroatoms. The fourth-order valence-corrected chi connectivity index (χ4v) is 3.28. The highest BCUT2D eigenvalue weighted by atomic mass is 19.4. The molecule has 2 amide bonds. The summed E-state index contributed by atoms with van der Waals surface area (Å²) in [4.78, 5) is 30.6. The first-order chi connectivity index (χ1) is 14.3. The quantitative estimate of drug-likeness (QED) is 0.735. The van der Waals surface area contributed by atoms with E-state index in [2.05, 4.69) is 9.72 Å². The molecule has 1 atom stereocenters. The number of nitrogens with zero attached hydrogens (tertiary/aromatic N) is 3. The van der Waals surface area contributed by atoms with Crippen molar-refractivity contribution in [1.82, 2.24) is 14.8 Å². The van der Waals surface area contributed by atoms with Crippen molar-refractivity contribution in [1.29, 1.82) is 0 Å². The van der Waals surface area contributed by atoms with Crippen LogP contribution in [0.25, 0.3) is 11.1 Å². The number of carbonyl (C=O) groups is 2. The van der Waals surface area contributed by atoms with Gasteiger partial charge in [-0.2, -0.15) is 13.2 Å². The Morgan fingerprint density at radius 1 is 1.13 bits per heavy atom. The number of carbonyl (C=O) groups excluding carboxylic acids is 2. The molecule has 160 valence electrons. The second-order valence-electron chi connectivity index (χ2n) is 7.13. The van der Waals surface area contributed by atoms with Crippen molar-refractivity contribution >= 4 is 12.0 Å². The van der Waals surface area contributed by atoms with Gasteiger partial charge in [-0.1, -0.05) is 18.2 Å². The molecule has 0 N–H and O–H groups in total. The van der Waals surface area contributed by atoms with Crippen LogP contribution >= 0.6 is 0 Å². The van der Waals surface area contributed by atoms with Crippen molar-refractivity contribution in [3.63, 3.8) is 0 Å². The van der Waals surface area contributed by atoms with E-state index in [0.717, 1.165) is 20.9 Å². The lowest BCUT2D eigenvalue weighted by Crippen LogP contribution is -2.49. The summed E-state index contributed by atoms with van der Waals surface area (Å²) in [5, 5.41) is 0. The molecule has 30 heavy (non-hydrogen) atoms. The Hall–Kier alpha value is -3.10. The Morgan fingerprint density at radius 2 is 1.80 bits per heavy atom. The van der Waals surface area contributed by atoms with Crippen molar-refractivity contribution in [2.45, 2.75) is 31.7 Å². The highest BCUT2D eigenvalue weighted by Crippen LogP contribution is 2.27. The van der Waals surface area contributed by atoms with Crippen LogP contribution in [0.2, 0.25) is 0 Å². The Morgan fingerprint density at radius 3 is 2.43 bits per heavy atom. The van der Waals surface area contributed by atoms with E-state index in [1.807, 2.05) is 24.3 Å². The van der Waals surface area contributed by atoms with Crippen LogP contribution in [0.5, 0.6) is 0 Å². The van der Waals surface area contributed by atoms with Gasteiger partial charge < -0.3 is 14.5 Å². The highest BCUT2D eigenvalue weighted by molar-refractivity contribution is 5.84. The van der Waals surface area contributed by atoms with Crippen molar-refractivity contribution in [3.8, 4) is 11.1 Å². The van der Waals surface area contributed by atoms with Crippen LogP contribution in [-0.4, -0.2) is 59.2 Å². The van der Waals surface area contributed by atoms with E-state index in [-0.39, 0.29) is 19.6 Å². The van der Waals surface area contributed by atoms with Gasteiger partial charge in [-0.3, -0.25) is 9.78 Å². The lowest BCUT2D eigenvalue weighted by atomic mass is 10.0. The van der Waals surface area contributed by atoms with Gasteiger partial charge >= 0.3 is 12.3 Å². The van der Waals surface area contributed by atoms with E-state index >= 15 is 0 Å². The number of rotatable bonds is 5. The van der Waals surface area contributed by atoms with Gasteiger partial charge in [-0.15, -0.1) is 0 Å². The number of likely N-dealkylation sites (tertiary alicyclic amines) is 1. The summed E-state index contributed by atoms with van der Waals surface area (Å²) in [5.41, 5.74) is 2.51. The summed E-state index contributed by atoms with van der Waals surface area (Å²) < 4.78 is 44.7. The number of alkyl halides is 3. The van der Waals surface area contributed by atoms with Gasteiger partial charge in [0.15, 0.2) is 0 Å². The third kappa shape index (κ3) is 5.28. The fraction of sp³-hybridized carbons (Fsp3) is 0.381. The molecule has 1 aliphatic heterocycles. The minimum absolute atomic E-state index is 0.0280. The average Bonchev–Trinajstić information content (AvgIpc) is 3.26. The van der Waals surface area contributed by atoms with E-state index in [0.29, 0.717) is 18.4 Å². The van der Waals surface area contributed by atoms with Gasteiger partial charge in [0.2, 0.25) is 0 Å². The van der Waals surface area contributed by atoms with E-state index < -0.39 is 24.3 Å². The molecule has 1 fully saturated rings. The average molecular weight is 421 g/mol. The first-order valence-corrected chi connectivity index (χ1v) is 9.52. The zero-order chi connectivity index (χ0) is 21.7. The fourth-order valence-electron chi connectivity index (χ4n) is 3.28. The van der Waals surface area contributed by atoms with E-state index in [1.165, 1.54) is 7.05 Å². The Kier molecular flexibility index (Phi) is 6.59. The van der Waals surface area contributed by atoms with Gasteiger partial charge in [-0.05, 0) is 47.7 Å². The molecule has 0 bridgehead atoms.